The number of imidazole rings is 1. The molecule has 13 heteroatoms. The molecule has 0 saturated carbocycles. The smallest absolute Gasteiger partial charge is 0.326 e. The molecule has 3 heterocycles. The highest BCUT2D eigenvalue weighted by molar-refractivity contribution is 6.02. The topological polar surface area (TPSA) is 204 Å². The number of nitrogens with one attached hydrogen (secondary N) is 5. The normalized spacial score (nSPS) is 11.0. The summed E-state index contributed by atoms with van der Waals surface area (Å²) < 4.78 is 0. The molecule has 144 valence electrons. The van der Waals surface area contributed by atoms with Crippen LogP contribution in [0.25, 0.3) is 11.2 Å². The zero-order chi connectivity index (χ0) is 20.1. The molecule has 0 saturated heterocycles. The molecule has 0 aliphatic carbocycles. The summed E-state index contributed by atoms with van der Waals surface area (Å²) in [4.78, 5) is 65.4. The molecule has 28 heavy (non-hydrogen) atoms. The first-order valence-corrected chi connectivity index (χ1v) is 7.95. The van der Waals surface area contributed by atoms with Gasteiger partial charge in [0.25, 0.3) is 17.4 Å². The van der Waals surface area contributed by atoms with E-state index in [0.29, 0.717) is 11.2 Å². The summed E-state index contributed by atoms with van der Waals surface area (Å²) in [5.41, 5.74) is 4.07. The van der Waals surface area contributed by atoms with Gasteiger partial charge in [-0.25, -0.2) is 19.7 Å². The molecule has 0 atom stereocenters. The van der Waals surface area contributed by atoms with E-state index in [-0.39, 0.29) is 30.2 Å². The highest BCUT2D eigenvalue weighted by Crippen LogP contribution is 2.08. The number of amides is 2. The first kappa shape index (κ1) is 18.5. The van der Waals surface area contributed by atoms with Crippen LogP contribution >= 0.6 is 0 Å². The predicted octanol–water partition coefficient (Wildman–Crippen LogP) is -1.97. The maximum absolute atomic E-state index is 12.2. The van der Waals surface area contributed by atoms with Crippen LogP contribution in [-0.2, 0) is 0 Å². The van der Waals surface area contributed by atoms with Crippen molar-refractivity contribution in [1.82, 2.24) is 40.5 Å². The second-order valence-electron chi connectivity index (χ2n) is 5.41. The Balaban J connectivity index is 1.50. The van der Waals surface area contributed by atoms with Gasteiger partial charge in [-0.15, -0.1) is 0 Å². The van der Waals surface area contributed by atoms with Crippen LogP contribution in [0.2, 0.25) is 0 Å². The van der Waals surface area contributed by atoms with Gasteiger partial charge in [0.15, 0.2) is 11.3 Å². The van der Waals surface area contributed by atoms with E-state index in [2.05, 4.69) is 35.6 Å². The monoisotopic (exact) mass is 385 g/mol. The summed E-state index contributed by atoms with van der Waals surface area (Å²) in [6.45, 7) is 0.263. The maximum Gasteiger partial charge on any atom is 0.326 e. The number of hydrogen-bond donors (Lipinski definition) is 6. The fourth-order valence-corrected chi connectivity index (χ4v) is 2.25. The highest BCUT2D eigenvalue weighted by Gasteiger charge is 2.14. The Labute approximate surface area is 155 Å². The van der Waals surface area contributed by atoms with E-state index in [1.54, 1.807) is 12.2 Å². The van der Waals surface area contributed by atoms with Crippen molar-refractivity contribution in [2.24, 2.45) is 0 Å². The van der Waals surface area contributed by atoms with Gasteiger partial charge >= 0.3 is 5.69 Å². The Hall–Kier alpha value is -4.29. The lowest BCUT2D eigenvalue weighted by atomic mass is 10.3. The van der Waals surface area contributed by atoms with E-state index in [1.807, 2.05) is 4.98 Å². The van der Waals surface area contributed by atoms with Crippen LogP contribution < -0.4 is 27.6 Å². The third-order valence-corrected chi connectivity index (χ3v) is 3.57. The minimum absolute atomic E-state index is 0.0846. The van der Waals surface area contributed by atoms with Gasteiger partial charge in [-0.1, -0.05) is 12.2 Å². The number of nitrogen functional groups attached to an aromatic ring is 1. The second kappa shape index (κ2) is 7.94. The summed E-state index contributed by atoms with van der Waals surface area (Å²) >= 11 is 0. The fraction of sp³-hybridized carbons (Fsp3) is 0.133. The lowest BCUT2D eigenvalue weighted by Crippen LogP contribution is -2.33. The first-order valence-electron chi connectivity index (χ1n) is 7.95. The molecule has 0 spiro atoms. The number of nitrogens with zero attached hydrogens (tertiary/aromatic N) is 3. The summed E-state index contributed by atoms with van der Waals surface area (Å²) in [6.07, 6.45) is 5.84. The van der Waals surface area contributed by atoms with Gasteiger partial charge in [0.1, 0.15) is 23.2 Å². The van der Waals surface area contributed by atoms with Crippen molar-refractivity contribution < 1.29 is 9.59 Å². The number of fused-ring (bicyclic) bond motifs is 1. The summed E-state index contributed by atoms with van der Waals surface area (Å²) in [7, 11) is 0. The van der Waals surface area contributed by atoms with E-state index in [9.17, 15) is 19.2 Å². The molecule has 2 amide bonds. The predicted molar refractivity (Wildman–Crippen MR) is 97.6 cm³/mol. The fourth-order valence-electron chi connectivity index (χ4n) is 2.25. The molecule has 7 N–H and O–H groups in total. The molecule has 0 aliphatic heterocycles. The average molecular weight is 385 g/mol. The molecular formula is C15H15N9O4. The molecule has 3 aromatic rings. The van der Waals surface area contributed by atoms with Crippen LogP contribution in [0.3, 0.4) is 0 Å². The SMILES string of the molecule is Nc1c(C(=O)NC/C=C\CNC(=O)c2ncnc3nc[nH]c23)[nH]c(=O)[nH]c1=O. The van der Waals surface area contributed by atoms with Crippen LogP contribution in [-0.4, -0.2) is 54.8 Å². The Morgan fingerprint density at radius 2 is 1.75 bits per heavy atom. The molecule has 3 aromatic heterocycles. The number of anilines is 1. The first-order chi connectivity index (χ1) is 13.5. The van der Waals surface area contributed by atoms with Crippen molar-refractivity contribution in [3.8, 4) is 0 Å². The van der Waals surface area contributed by atoms with Gasteiger partial charge in [0, 0.05) is 13.1 Å². The molecule has 3 rings (SSSR count). The van der Waals surface area contributed by atoms with E-state index < -0.39 is 23.1 Å². The lowest BCUT2D eigenvalue weighted by Gasteiger charge is -2.04. The number of hydrogen-bond acceptors (Lipinski definition) is 8. The molecule has 0 aliphatic rings. The third kappa shape index (κ3) is 3.92. The summed E-state index contributed by atoms with van der Waals surface area (Å²) in [5.74, 6) is -1.13. The van der Waals surface area contributed by atoms with Gasteiger partial charge in [-0.3, -0.25) is 19.4 Å². The van der Waals surface area contributed by atoms with Crippen molar-refractivity contribution in [2.45, 2.75) is 0 Å². The minimum atomic E-state index is -0.844. The summed E-state index contributed by atoms with van der Waals surface area (Å²) in [5, 5.41) is 5.09. The molecule has 0 unspecified atom stereocenters. The van der Waals surface area contributed by atoms with E-state index in [0.717, 1.165) is 0 Å². The third-order valence-electron chi connectivity index (χ3n) is 3.57. The molecule has 0 fully saturated rings. The Kier molecular flexibility index (Phi) is 5.25. The Morgan fingerprint density at radius 3 is 2.50 bits per heavy atom. The zero-order valence-corrected chi connectivity index (χ0v) is 14.3. The standard InChI is InChI=1S/C15H15N9O4/c16-7-8(23-15(28)24-12(7)25)13(26)17-3-1-2-4-18-14(27)10-9-11(21-5-19-9)22-6-20-10/h1-2,5-6H,3-4,16H2,(H,17,26)(H,18,27)(H,19,20,21,22)(H2,23,24,25,28)/b2-1-. The zero-order valence-electron chi connectivity index (χ0n) is 14.3. The van der Waals surface area contributed by atoms with Crippen molar-refractivity contribution >= 4 is 28.7 Å². The van der Waals surface area contributed by atoms with E-state index in [4.69, 9.17) is 5.73 Å². The van der Waals surface area contributed by atoms with Gasteiger partial charge in [0.2, 0.25) is 0 Å². The second-order valence-corrected chi connectivity index (χ2v) is 5.41. The quantitative estimate of drug-likeness (QED) is 0.262. The molecule has 0 aromatic carbocycles. The van der Waals surface area contributed by atoms with Crippen molar-refractivity contribution in [2.75, 3.05) is 18.8 Å². The van der Waals surface area contributed by atoms with Crippen LogP contribution in [0.1, 0.15) is 21.0 Å². The number of carbonyl (C=O) groups is 2. The van der Waals surface area contributed by atoms with Crippen LogP contribution in [0.4, 0.5) is 5.69 Å². The molecular weight excluding hydrogens is 370 g/mol. The van der Waals surface area contributed by atoms with Crippen LogP contribution in [0.5, 0.6) is 0 Å². The van der Waals surface area contributed by atoms with Gasteiger partial charge < -0.3 is 26.3 Å². The van der Waals surface area contributed by atoms with E-state index in [1.165, 1.54) is 12.7 Å². The number of aromatic amines is 3. The van der Waals surface area contributed by atoms with Crippen molar-refractivity contribution in [3.05, 3.63) is 57.0 Å². The number of aromatic nitrogens is 6. The average Bonchev–Trinajstić information content (AvgIpc) is 3.15. The number of H-pyrrole nitrogens is 3. The summed E-state index contributed by atoms with van der Waals surface area (Å²) in [6, 6.07) is 0. The highest BCUT2D eigenvalue weighted by atomic mass is 16.2. The van der Waals surface area contributed by atoms with Crippen molar-refractivity contribution in [3.63, 3.8) is 0 Å². The van der Waals surface area contributed by atoms with Gasteiger partial charge in [0.05, 0.1) is 6.33 Å². The molecule has 0 radical (unpaired) electrons. The van der Waals surface area contributed by atoms with Gasteiger partial charge in [-0.05, 0) is 0 Å². The number of rotatable bonds is 6. The van der Waals surface area contributed by atoms with Crippen LogP contribution in [0.15, 0.2) is 34.4 Å². The Bertz CT molecular complexity index is 1170. The number of carbonyl (C=O) groups excluding carboxylic acids is 2. The number of nitrogens with two attached hydrogens (primary N) is 1. The largest absolute Gasteiger partial charge is 0.392 e. The molecule has 0 bridgehead atoms. The van der Waals surface area contributed by atoms with Gasteiger partial charge in [-0.2, -0.15) is 0 Å². The van der Waals surface area contributed by atoms with Crippen molar-refractivity contribution in [1.29, 1.82) is 0 Å². The minimum Gasteiger partial charge on any atom is -0.392 e. The van der Waals surface area contributed by atoms with Crippen LogP contribution in [0, 0.1) is 0 Å². The molecule has 13 nitrogen and oxygen atoms in total. The maximum atomic E-state index is 12.2. The lowest BCUT2D eigenvalue weighted by molar-refractivity contribution is 0.0944. The van der Waals surface area contributed by atoms with E-state index >= 15 is 0 Å². The Morgan fingerprint density at radius 1 is 1.04 bits per heavy atom.